The minimum absolute atomic E-state index is 0.0473. The number of nitrogens with one attached hydrogen (secondary N) is 1. The molecule has 0 saturated heterocycles. The lowest BCUT2D eigenvalue weighted by atomic mass is 10.2. The lowest BCUT2D eigenvalue weighted by Gasteiger charge is -2.16. The van der Waals surface area contributed by atoms with Crippen molar-refractivity contribution in [2.45, 2.75) is 6.58 Å². The fourth-order valence-corrected chi connectivity index (χ4v) is 4.15. The minimum atomic E-state index is -1.95. The Bertz CT molecular complexity index is 1630. The molecule has 0 aliphatic carbocycles. The van der Waals surface area contributed by atoms with E-state index in [1.54, 1.807) is 0 Å². The molecule has 4 aromatic rings. The Hall–Kier alpha value is -4.26. The lowest BCUT2D eigenvalue weighted by Crippen LogP contribution is -2.34. The highest BCUT2D eigenvalue weighted by atomic mass is 32.1. The maximum Gasteiger partial charge on any atom is 0.346 e. The smallest absolute Gasteiger partial charge is 0.346 e. The third kappa shape index (κ3) is 4.10. The van der Waals surface area contributed by atoms with Gasteiger partial charge in [0.1, 0.15) is 17.2 Å². The summed E-state index contributed by atoms with van der Waals surface area (Å²) in [5.74, 6) is -6.14. The third-order valence-electron chi connectivity index (χ3n) is 4.94. The molecule has 35 heavy (non-hydrogen) atoms. The number of benzene rings is 2. The average molecular weight is 509 g/mol. The number of rotatable bonds is 7. The van der Waals surface area contributed by atoms with Crippen LogP contribution in [0.1, 0.15) is 16.6 Å². The maximum atomic E-state index is 15.0. The summed E-state index contributed by atoms with van der Waals surface area (Å²) in [6.07, 6.45) is 0. The first-order valence-corrected chi connectivity index (χ1v) is 10.5. The van der Waals surface area contributed by atoms with Gasteiger partial charge < -0.3 is 24.3 Å². The second kappa shape index (κ2) is 9.18. The number of carboxylic acid groups (broad SMARTS) is 1. The SMILES string of the molecule is [2H]C(Oc1cc(-n2c(=O)[nH]c3csc(C(=O)O)c3c2=O)c(F)cc1OC)c1c(OC)ccc(F)c1F. The quantitative estimate of drug-likeness (QED) is 0.392. The second-order valence-electron chi connectivity index (χ2n) is 6.90. The highest BCUT2D eigenvalue weighted by Gasteiger charge is 2.23. The molecular weight excluding hydrogens is 493 g/mol. The molecule has 0 spiro atoms. The summed E-state index contributed by atoms with van der Waals surface area (Å²) in [6, 6.07) is 3.47. The highest BCUT2D eigenvalue weighted by molar-refractivity contribution is 7.13. The number of hydrogen-bond donors (Lipinski definition) is 2. The summed E-state index contributed by atoms with van der Waals surface area (Å²) in [6.45, 7) is -1.95. The van der Waals surface area contributed by atoms with E-state index in [1.165, 1.54) is 12.5 Å². The van der Waals surface area contributed by atoms with Gasteiger partial charge in [-0.05, 0) is 12.1 Å². The third-order valence-corrected chi connectivity index (χ3v) is 5.91. The van der Waals surface area contributed by atoms with Crippen LogP contribution in [-0.2, 0) is 6.58 Å². The van der Waals surface area contributed by atoms with Crippen LogP contribution in [0.4, 0.5) is 13.2 Å². The van der Waals surface area contributed by atoms with Crippen LogP contribution in [0.2, 0.25) is 0 Å². The molecule has 2 aromatic heterocycles. The van der Waals surface area contributed by atoms with Gasteiger partial charge in [-0.2, -0.15) is 0 Å². The summed E-state index contributed by atoms with van der Waals surface area (Å²) in [7, 11) is 2.31. The van der Waals surface area contributed by atoms with Crippen LogP contribution in [0.15, 0.2) is 39.2 Å². The number of methoxy groups -OCH3 is 2. The van der Waals surface area contributed by atoms with E-state index >= 15 is 4.39 Å². The Morgan fingerprint density at radius 2 is 1.83 bits per heavy atom. The van der Waals surface area contributed by atoms with E-state index in [1.807, 2.05) is 0 Å². The Balaban J connectivity index is 1.89. The molecule has 4 rings (SSSR count). The number of thiophene rings is 1. The zero-order valence-corrected chi connectivity index (χ0v) is 18.7. The number of hydrogen-bond acceptors (Lipinski definition) is 7. The molecule has 9 nitrogen and oxygen atoms in total. The van der Waals surface area contributed by atoms with Gasteiger partial charge in [0.2, 0.25) is 0 Å². The number of H-pyrrole nitrogens is 1. The van der Waals surface area contributed by atoms with Crippen LogP contribution in [0.25, 0.3) is 16.6 Å². The van der Waals surface area contributed by atoms with Crippen molar-refractivity contribution in [2.75, 3.05) is 14.2 Å². The van der Waals surface area contributed by atoms with Crippen molar-refractivity contribution in [3.8, 4) is 22.9 Å². The molecule has 0 aliphatic rings. The molecule has 2 N–H and O–H groups in total. The van der Waals surface area contributed by atoms with Gasteiger partial charge in [0.15, 0.2) is 29.0 Å². The van der Waals surface area contributed by atoms with Gasteiger partial charge in [0.05, 0.1) is 37.7 Å². The number of fused-ring (bicyclic) bond motifs is 1. The molecule has 1 unspecified atom stereocenters. The van der Waals surface area contributed by atoms with Crippen LogP contribution in [0, 0.1) is 17.5 Å². The van der Waals surface area contributed by atoms with Gasteiger partial charge in [-0.15, -0.1) is 11.3 Å². The molecule has 0 bridgehead atoms. The van der Waals surface area contributed by atoms with Crippen LogP contribution in [0.3, 0.4) is 0 Å². The van der Waals surface area contributed by atoms with E-state index < -0.39 is 58.3 Å². The monoisotopic (exact) mass is 509 g/mol. The largest absolute Gasteiger partial charge is 0.496 e. The van der Waals surface area contributed by atoms with E-state index in [0.29, 0.717) is 15.9 Å². The Kier molecular flexibility index (Phi) is 5.91. The van der Waals surface area contributed by atoms with E-state index in [9.17, 15) is 28.3 Å². The van der Waals surface area contributed by atoms with Gasteiger partial charge in [-0.1, -0.05) is 0 Å². The van der Waals surface area contributed by atoms with Crippen molar-refractivity contribution in [2.24, 2.45) is 0 Å². The van der Waals surface area contributed by atoms with Crippen molar-refractivity contribution in [1.29, 1.82) is 0 Å². The first-order valence-electron chi connectivity index (χ1n) is 10.1. The minimum Gasteiger partial charge on any atom is -0.496 e. The number of aromatic nitrogens is 2. The van der Waals surface area contributed by atoms with Crippen LogP contribution >= 0.6 is 11.3 Å². The summed E-state index contributed by atoms with van der Waals surface area (Å²) >= 11 is 0.699. The van der Waals surface area contributed by atoms with Crippen molar-refractivity contribution >= 4 is 28.2 Å². The normalized spacial score (nSPS) is 12.3. The summed E-state index contributed by atoms with van der Waals surface area (Å²) < 4.78 is 67.2. The zero-order valence-electron chi connectivity index (χ0n) is 18.9. The Morgan fingerprint density at radius 3 is 2.49 bits per heavy atom. The molecule has 0 amide bonds. The average Bonchev–Trinajstić information content (AvgIpc) is 3.26. The van der Waals surface area contributed by atoms with E-state index in [0.717, 1.165) is 31.4 Å². The number of ether oxygens (including phenoxy) is 3. The van der Waals surface area contributed by atoms with E-state index in [-0.39, 0.29) is 27.3 Å². The first kappa shape index (κ1) is 22.5. The van der Waals surface area contributed by atoms with Crippen LogP contribution in [0.5, 0.6) is 17.2 Å². The molecule has 0 fully saturated rings. The predicted octanol–water partition coefficient (Wildman–Crippen LogP) is 3.45. The van der Waals surface area contributed by atoms with E-state index in [4.69, 9.17) is 15.6 Å². The number of carboxylic acids is 1. The summed E-state index contributed by atoms with van der Waals surface area (Å²) in [5.41, 5.74) is -3.53. The maximum absolute atomic E-state index is 15.0. The molecule has 2 aromatic carbocycles. The van der Waals surface area contributed by atoms with Crippen LogP contribution < -0.4 is 25.5 Å². The summed E-state index contributed by atoms with van der Waals surface area (Å²) in [5, 5.41) is 10.3. The molecule has 0 aliphatic heterocycles. The number of carbonyl (C=O) groups is 1. The summed E-state index contributed by atoms with van der Waals surface area (Å²) in [4.78, 5) is 39.1. The molecule has 2 heterocycles. The number of aromatic amines is 1. The highest BCUT2D eigenvalue weighted by Crippen LogP contribution is 2.33. The van der Waals surface area contributed by atoms with Gasteiger partial charge in [-0.3, -0.25) is 4.79 Å². The molecule has 0 saturated carbocycles. The number of aromatic carboxylic acids is 1. The number of halogens is 3. The van der Waals surface area contributed by atoms with Gasteiger partial charge >= 0.3 is 11.7 Å². The molecular formula is C22H15F3N2O7S. The van der Waals surface area contributed by atoms with Crippen LogP contribution in [-0.4, -0.2) is 34.8 Å². The van der Waals surface area contributed by atoms with Crippen molar-refractivity contribution in [3.63, 3.8) is 0 Å². The topological polar surface area (TPSA) is 120 Å². The molecule has 13 heteroatoms. The Morgan fingerprint density at radius 1 is 1.11 bits per heavy atom. The molecule has 0 radical (unpaired) electrons. The second-order valence-corrected chi connectivity index (χ2v) is 7.78. The van der Waals surface area contributed by atoms with Gasteiger partial charge in [0.25, 0.3) is 5.56 Å². The van der Waals surface area contributed by atoms with Crippen molar-refractivity contribution < 1.29 is 38.7 Å². The fourth-order valence-electron chi connectivity index (χ4n) is 3.32. The van der Waals surface area contributed by atoms with Crippen molar-refractivity contribution in [1.82, 2.24) is 9.55 Å². The van der Waals surface area contributed by atoms with Gasteiger partial charge in [0, 0.05) is 17.5 Å². The number of nitrogens with zero attached hydrogens (tertiary/aromatic N) is 1. The molecule has 1 atom stereocenters. The standard InChI is InChI=1S/C22H15F3N2O7S/c1-32-14-4-3-10(23)18(25)9(14)7-34-16-6-13(11(24)5-15(16)33-2)27-20(28)17-12(26-22(27)31)8-35-19(17)21(29)30/h3-6,8H,7H2,1-2H3,(H,26,31)(H,29,30)/i7D. The Labute approximate surface area is 198 Å². The first-order chi connectivity index (χ1) is 17.1. The molecule has 182 valence electrons. The zero-order chi connectivity index (χ0) is 26.3. The van der Waals surface area contributed by atoms with Crippen molar-refractivity contribution in [3.05, 3.63) is 78.4 Å². The predicted molar refractivity (Wildman–Crippen MR) is 119 cm³/mol. The van der Waals surface area contributed by atoms with E-state index in [2.05, 4.69) is 4.98 Å². The van der Waals surface area contributed by atoms with Gasteiger partial charge in [-0.25, -0.2) is 27.3 Å². The lowest BCUT2D eigenvalue weighted by molar-refractivity contribution is 0.0704. The fraction of sp³-hybridized carbons (Fsp3) is 0.136.